The van der Waals surface area contributed by atoms with Crippen LogP contribution in [0.5, 0.6) is 5.75 Å². The van der Waals surface area contributed by atoms with Crippen molar-refractivity contribution in [1.29, 1.82) is 0 Å². The molecule has 1 saturated heterocycles. The van der Waals surface area contributed by atoms with E-state index in [9.17, 15) is 9.90 Å². The fraction of sp³-hybridized carbons (Fsp3) is 0.562. The number of aliphatic hydroxyl groups is 1. The highest BCUT2D eigenvalue weighted by Gasteiger charge is 2.22. The Bertz CT molecular complexity index is 447. The van der Waals surface area contributed by atoms with E-state index >= 15 is 0 Å². The maximum atomic E-state index is 11.7. The number of hydrogen-bond donors (Lipinski definition) is 1. The van der Waals surface area contributed by atoms with E-state index in [1.165, 1.54) is 7.11 Å². The van der Waals surface area contributed by atoms with E-state index < -0.39 is 6.10 Å². The Balaban J connectivity index is 1.66. The monoisotopic (exact) mass is 308 g/mol. The Morgan fingerprint density at radius 3 is 2.55 bits per heavy atom. The molecule has 1 amide bonds. The first kappa shape index (κ1) is 16.7. The van der Waals surface area contributed by atoms with Gasteiger partial charge in [-0.2, -0.15) is 0 Å². The molecule has 1 unspecified atom stereocenters. The maximum absolute atomic E-state index is 11.7. The van der Waals surface area contributed by atoms with E-state index in [-0.39, 0.29) is 19.1 Å². The molecule has 22 heavy (non-hydrogen) atoms. The third-order valence-corrected chi connectivity index (χ3v) is 3.65. The molecular weight excluding hydrogens is 284 g/mol. The second-order valence-corrected chi connectivity index (χ2v) is 5.39. The van der Waals surface area contributed by atoms with Crippen LogP contribution in [0.2, 0.25) is 0 Å². The lowest BCUT2D eigenvalue weighted by Crippen LogP contribution is -2.51. The molecule has 2 rings (SSSR count). The number of β-amino-alcohol motifs (C(OH)–C–C–N with tert-alkyl or cyclic N) is 1. The molecular formula is C16H24N2O4. The van der Waals surface area contributed by atoms with E-state index in [1.54, 1.807) is 4.90 Å². The SMILES string of the molecule is COCC(=O)N1CCN(CC(O)COc2ccccc2)CC1. The summed E-state index contributed by atoms with van der Waals surface area (Å²) in [7, 11) is 1.53. The van der Waals surface area contributed by atoms with Crippen molar-refractivity contribution in [2.24, 2.45) is 0 Å². The number of ether oxygens (including phenoxy) is 2. The molecule has 1 N–H and O–H groups in total. The fourth-order valence-corrected chi connectivity index (χ4v) is 2.45. The number of aliphatic hydroxyl groups excluding tert-OH is 1. The van der Waals surface area contributed by atoms with Gasteiger partial charge in [-0.15, -0.1) is 0 Å². The van der Waals surface area contributed by atoms with Gasteiger partial charge in [-0.25, -0.2) is 0 Å². The fourth-order valence-electron chi connectivity index (χ4n) is 2.45. The largest absolute Gasteiger partial charge is 0.491 e. The molecule has 0 radical (unpaired) electrons. The van der Waals surface area contributed by atoms with Crippen LogP contribution in [0.25, 0.3) is 0 Å². The van der Waals surface area contributed by atoms with Gasteiger partial charge in [0.25, 0.3) is 0 Å². The van der Waals surface area contributed by atoms with Crippen molar-refractivity contribution in [1.82, 2.24) is 9.80 Å². The highest BCUT2D eigenvalue weighted by molar-refractivity contribution is 5.77. The van der Waals surface area contributed by atoms with Gasteiger partial charge in [-0.05, 0) is 12.1 Å². The number of piperazine rings is 1. The normalized spacial score (nSPS) is 17.3. The molecule has 6 nitrogen and oxygen atoms in total. The Labute approximate surface area is 131 Å². The van der Waals surface area contributed by atoms with Gasteiger partial charge in [0, 0.05) is 39.8 Å². The van der Waals surface area contributed by atoms with Gasteiger partial charge in [0.15, 0.2) is 0 Å². The summed E-state index contributed by atoms with van der Waals surface area (Å²) in [5, 5.41) is 10.1. The van der Waals surface area contributed by atoms with Crippen molar-refractivity contribution in [3.05, 3.63) is 30.3 Å². The van der Waals surface area contributed by atoms with Crippen LogP contribution < -0.4 is 4.74 Å². The molecule has 122 valence electrons. The van der Waals surface area contributed by atoms with Crippen molar-refractivity contribution in [2.45, 2.75) is 6.10 Å². The van der Waals surface area contributed by atoms with Gasteiger partial charge < -0.3 is 19.5 Å². The number of rotatable bonds is 7. The zero-order chi connectivity index (χ0) is 15.8. The smallest absolute Gasteiger partial charge is 0.248 e. The topological polar surface area (TPSA) is 62.2 Å². The molecule has 6 heteroatoms. The first-order valence-electron chi connectivity index (χ1n) is 7.54. The number of nitrogens with zero attached hydrogens (tertiary/aromatic N) is 2. The lowest BCUT2D eigenvalue weighted by molar-refractivity contribution is -0.137. The average molecular weight is 308 g/mol. The molecule has 1 heterocycles. The van der Waals surface area contributed by atoms with Gasteiger partial charge >= 0.3 is 0 Å². The standard InChI is InChI=1S/C16H24N2O4/c1-21-13-16(20)18-9-7-17(8-10-18)11-14(19)12-22-15-5-3-2-4-6-15/h2-6,14,19H,7-13H2,1H3. The molecule has 1 aromatic carbocycles. The van der Waals surface area contributed by atoms with Crippen LogP contribution >= 0.6 is 0 Å². The van der Waals surface area contributed by atoms with Crippen molar-refractivity contribution >= 4 is 5.91 Å². The summed E-state index contributed by atoms with van der Waals surface area (Å²) in [4.78, 5) is 15.6. The third-order valence-electron chi connectivity index (χ3n) is 3.65. The second kappa shape index (κ2) is 8.73. The number of methoxy groups -OCH3 is 1. The second-order valence-electron chi connectivity index (χ2n) is 5.39. The van der Waals surface area contributed by atoms with Gasteiger partial charge in [0.1, 0.15) is 25.1 Å². The predicted molar refractivity (Wildman–Crippen MR) is 82.8 cm³/mol. The molecule has 1 aliphatic rings. The highest BCUT2D eigenvalue weighted by Crippen LogP contribution is 2.09. The molecule has 1 aromatic rings. The number of hydrogen-bond acceptors (Lipinski definition) is 5. The molecule has 0 aliphatic carbocycles. The zero-order valence-electron chi connectivity index (χ0n) is 13.0. The molecule has 0 spiro atoms. The summed E-state index contributed by atoms with van der Waals surface area (Å²) in [6.07, 6.45) is -0.540. The average Bonchev–Trinajstić information content (AvgIpc) is 2.55. The third kappa shape index (κ3) is 5.29. The van der Waals surface area contributed by atoms with E-state index in [0.29, 0.717) is 19.6 Å². The Kier molecular flexibility index (Phi) is 6.64. The number of benzene rings is 1. The van der Waals surface area contributed by atoms with Crippen molar-refractivity contribution in [3.8, 4) is 5.75 Å². The lowest BCUT2D eigenvalue weighted by atomic mass is 10.2. The molecule has 1 fully saturated rings. The van der Waals surface area contributed by atoms with Crippen molar-refractivity contribution in [2.75, 3.05) is 53.0 Å². The first-order chi connectivity index (χ1) is 10.7. The number of carbonyl (C=O) groups is 1. The zero-order valence-corrected chi connectivity index (χ0v) is 13.0. The summed E-state index contributed by atoms with van der Waals surface area (Å²) >= 11 is 0. The van der Waals surface area contributed by atoms with Gasteiger partial charge in [0.2, 0.25) is 5.91 Å². The summed E-state index contributed by atoms with van der Waals surface area (Å²) < 4.78 is 10.4. The van der Waals surface area contributed by atoms with E-state index in [4.69, 9.17) is 9.47 Å². The van der Waals surface area contributed by atoms with Crippen LogP contribution in [0.4, 0.5) is 0 Å². The molecule has 0 saturated carbocycles. The van der Waals surface area contributed by atoms with E-state index in [1.807, 2.05) is 30.3 Å². The van der Waals surface area contributed by atoms with E-state index in [2.05, 4.69) is 4.90 Å². The molecule has 0 bridgehead atoms. The van der Waals surface area contributed by atoms with Crippen LogP contribution in [-0.4, -0.2) is 80.0 Å². The van der Waals surface area contributed by atoms with Crippen molar-refractivity contribution in [3.63, 3.8) is 0 Å². The first-order valence-corrected chi connectivity index (χ1v) is 7.54. The minimum absolute atomic E-state index is 0.0232. The summed E-state index contributed by atoms with van der Waals surface area (Å²) in [6.45, 7) is 3.83. The maximum Gasteiger partial charge on any atom is 0.248 e. The van der Waals surface area contributed by atoms with Crippen LogP contribution in [0, 0.1) is 0 Å². The van der Waals surface area contributed by atoms with E-state index in [0.717, 1.165) is 18.8 Å². The van der Waals surface area contributed by atoms with Crippen LogP contribution in [0.1, 0.15) is 0 Å². The van der Waals surface area contributed by atoms with Gasteiger partial charge in [-0.3, -0.25) is 9.69 Å². The van der Waals surface area contributed by atoms with Gasteiger partial charge in [-0.1, -0.05) is 18.2 Å². The molecule has 1 aliphatic heterocycles. The van der Waals surface area contributed by atoms with Crippen LogP contribution in [0.15, 0.2) is 30.3 Å². The highest BCUT2D eigenvalue weighted by atomic mass is 16.5. The lowest BCUT2D eigenvalue weighted by Gasteiger charge is -2.35. The molecule has 0 aromatic heterocycles. The summed E-state index contributed by atoms with van der Waals surface area (Å²) in [6, 6.07) is 9.46. The van der Waals surface area contributed by atoms with Gasteiger partial charge in [0.05, 0.1) is 0 Å². The predicted octanol–water partition coefficient (Wildman–Crippen LogP) is 0.217. The summed E-state index contributed by atoms with van der Waals surface area (Å²) in [5.41, 5.74) is 0. The van der Waals surface area contributed by atoms with Crippen LogP contribution in [0.3, 0.4) is 0 Å². The molecule has 1 atom stereocenters. The Morgan fingerprint density at radius 2 is 1.91 bits per heavy atom. The van der Waals surface area contributed by atoms with Crippen LogP contribution in [-0.2, 0) is 9.53 Å². The summed E-state index contributed by atoms with van der Waals surface area (Å²) in [5.74, 6) is 0.784. The quantitative estimate of drug-likeness (QED) is 0.780. The Hall–Kier alpha value is -1.63. The number of carbonyl (C=O) groups excluding carboxylic acids is 1. The number of para-hydroxylation sites is 1. The number of amides is 1. The van der Waals surface area contributed by atoms with Crippen molar-refractivity contribution < 1.29 is 19.4 Å². The minimum atomic E-state index is -0.540. The minimum Gasteiger partial charge on any atom is -0.491 e. The Morgan fingerprint density at radius 1 is 1.23 bits per heavy atom.